The zero-order chi connectivity index (χ0) is 11.2. The fraction of sp³-hybridized carbons (Fsp3) is 0.385. The van der Waals surface area contributed by atoms with E-state index in [4.69, 9.17) is 0 Å². The highest BCUT2D eigenvalue weighted by Crippen LogP contribution is 2.30. The van der Waals surface area contributed by atoms with Crippen LogP contribution in [0.15, 0.2) is 41.8 Å². The van der Waals surface area contributed by atoms with Crippen LogP contribution in [0.2, 0.25) is 0 Å². The molecule has 1 fully saturated rings. The zero-order valence-electron chi connectivity index (χ0n) is 9.48. The Hall–Kier alpha value is -0.930. The number of para-hydroxylation sites is 1. The Kier molecular flexibility index (Phi) is 4.31. The molecular weight excluding hydrogens is 216 g/mol. The maximum Gasteiger partial charge on any atom is 0.0505 e. The van der Waals surface area contributed by atoms with Crippen molar-refractivity contribution in [1.82, 2.24) is 5.32 Å². The smallest absolute Gasteiger partial charge is 0.0505 e. The minimum Gasteiger partial charge on any atom is -0.368 e. The van der Waals surface area contributed by atoms with Crippen LogP contribution in [0, 0.1) is 0 Å². The summed E-state index contributed by atoms with van der Waals surface area (Å²) in [6.45, 7) is 8.15. The normalized spacial score (nSPS) is 16.1. The molecule has 1 aromatic rings. The summed E-state index contributed by atoms with van der Waals surface area (Å²) in [5.41, 5.74) is 1.37. The Morgan fingerprint density at radius 2 is 2.06 bits per heavy atom. The number of hydrogen-bond acceptors (Lipinski definition) is 3. The monoisotopic (exact) mass is 234 g/mol. The predicted octanol–water partition coefficient (Wildman–Crippen LogP) is 2.37. The molecule has 2 rings (SSSR count). The topological polar surface area (TPSA) is 15.3 Å². The molecule has 0 bridgehead atoms. The van der Waals surface area contributed by atoms with Crippen LogP contribution < -0.4 is 10.2 Å². The molecule has 2 nitrogen and oxygen atoms in total. The third kappa shape index (κ3) is 2.80. The Bertz CT molecular complexity index is 346. The number of benzene rings is 1. The van der Waals surface area contributed by atoms with Gasteiger partial charge in [0.15, 0.2) is 0 Å². The van der Waals surface area contributed by atoms with Gasteiger partial charge in [-0.2, -0.15) is 0 Å². The molecule has 16 heavy (non-hydrogen) atoms. The highest BCUT2D eigenvalue weighted by Gasteiger charge is 2.13. The first-order valence-electron chi connectivity index (χ1n) is 5.70. The molecule has 0 unspecified atom stereocenters. The third-order valence-corrected chi connectivity index (χ3v) is 3.74. The van der Waals surface area contributed by atoms with Crippen molar-refractivity contribution in [3.05, 3.63) is 36.9 Å². The van der Waals surface area contributed by atoms with Gasteiger partial charge in [-0.05, 0) is 12.1 Å². The van der Waals surface area contributed by atoms with Gasteiger partial charge in [0.2, 0.25) is 0 Å². The molecule has 0 aliphatic carbocycles. The number of nitrogens with one attached hydrogen (secondary N) is 1. The molecule has 1 heterocycles. The van der Waals surface area contributed by atoms with Gasteiger partial charge in [-0.25, -0.2) is 0 Å². The lowest BCUT2D eigenvalue weighted by atomic mass is 10.2. The maximum absolute atomic E-state index is 3.77. The molecule has 1 aliphatic rings. The predicted molar refractivity (Wildman–Crippen MR) is 72.4 cm³/mol. The van der Waals surface area contributed by atoms with Gasteiger partial charge in [-0.1, -0.05) is 18.2 Å². The van der Waals surface area contributed by atoms with Crippen LogP contribution in [0.3, 0.4) is 0 Å². The van der Waals surface area contributed by atoms with Gasteiger partial charge in [-0.15, -0.1) is 18.3 Å². The number of nitrogens with zero attached hydrogens (tertiary/aromatic N) is 1. The highest BCUT2D eigenvalue weighted by atomic mass is 32.2. The summed E-state index contributed by atoms with van der Waals surface area (Å²) in [6, 6.07) is 8.65. The molecular formula is C13H18N2S. The van der Waals surface area contributed by atoms with Gasteiger partial charge in [-0.3, -0.25) is 0 Å². The van der Waals surface area contributed by atoms with Crippen molar-refractivity contribution in [1.29, 1.82) is 0 Å². The van der Waals surface area contributed by atoms with E-state index in [9.17, 15) is 0 Å². The fourth-order valence-corrected chi connectivity index (χ4v) is 2.71. The van der Waals surface area contributed by atoms with Crippen LogP contribution in [-0.2, 0) is 0 Å². The zero-order valence-corrected chi connectivity index (χ0v) is 10.3. The van der Waals surface area contributed by atoms with Gasteiger partial charge in [0.1, 0.15) is 0 Å². The first-order chi connectivity index (χ1) is 7.92. The molecule has 86 valence electrons. The van der Waals surface area contributed by atoms with Crippen molar-refractivity contribution in [2.24, 2.45) is 0 Å². The van der Waals surface area contributed by atoms with Crippen LogP contribution in [0.4, 0.5) is 5.69 Å². The summed E-state index contributed by atoms with van der Waals surface area (Å²) in [5, 5.41) is 3.38. The fourth-order valence-electron chi connectivity index (χ4n) is 1.89. The van der Waals surface area contributed by atoms with E-state index in [-0.39, 0.29) is 0 Å². The van der Waals surface area contributed by atoms with Crippen molar-refractivity contribution in [2.45, 2.75) is 4.90 Å². The van der Waals surface area contributed by atoms with Crippen molar-refractivity contribution in [3.63, 3.8) is 0 Å². The second-order valence-electron chi connectivity index (χ2n) is 3.80. The summed E-state index contributed by atoms with van der Waals surface area (Å²) >= 11 is 1.86. The molecule has 1 saturated heterocycles. The minimum atomic E-state index is 0.975. The van der Waals surface area contributed by atoms with Crippen LogP contribution in [0.5, 0.6) is 0 Å². The first-order valence-corrected chi connectivity index (χ1v) is 6.69. The molecule has 0 radical (unpaired) electrons. The SMILES string of the molecule is C=CCSc1ccccc1N1CCNCC1. The molecule has 0 saturated carbocycles. The second kappa shape index (κ2) is 5.97. The summed E-state index contributed by atoms with van der Waals surface area (Å²) in [6.07, 6.45) is 1.96. The molecule has 0 spiro atoms. The number of anilines is 1. The Morgan fingerprint density at radius 3 is 2.81 bits per heavy atom. The summed E-state index contributed by atoms with van der Waals surface area (Å²) in [5.74, 6) is 0.975. The molecule has 0 atom stereocenters. The number of rotatable bonds is 4. The van der Waals surface area contributed by atoms with Crippen molar-refractivity contribution in [2.75, 3.05) is 36.8 Å². The molecule has 0 aromatic heterocycles. The lowest BCUT2D eigenvalue weighted by molar-refractivity contribution is 0.587. The van der Waals surface area contributed by atoms with Crippen molar-refractivity contribution >= 4 is 17.4 Å². The van der Waals surface area contributed by atoms with E-state index in [1.165, 1.54) is 10.6 Å². The van der Waals surface area contributed by atoms with E-state index < -0.39 is 0 Å². The minimum absolute atomic E-state index is 0.975. The number of piperazine rings is 1. The lowest BCUT2D eigenvalue weighted by Crippen LogP contribution is -2.43. The van der Waals surface area contributed by atoms with Gasteiger partial charge in [0, 0.05) is 36.8 Å². The van der Waals surface area contributed by atoms with E-state index in [1.807, 2.05) is 17.8 Å². The molecule has 1 aromatic carbocycles. The van der Waals surface area contributed by atoms with Gasteiger partial charge < -0.3 is 10.2 Å². The molecule has 3 heteroatoms. The van der Waals surface area contributed by atoms with E-state index in [0.717, 1.165) is 31.9 Å². The molecule has 1 N–H and O–H groups in total. The lowest BCUT2D eigenvalue weighted by Gasteiger charge is -2.30. The number of thioether (sulfide) groups is 1. The van der Waals surface area contributed by atoms with Gasteiger partial charge in [0.25, 0.3) is 0 Å². The van der Waals surface area contributed by atoms with Crippen LogP contribution in [0.25, 0.3) is 0 Å². The van der Waals surface area contributed by atoms with Crippen LogP contribution >= 0.6 is 11.8 Å². The van der Waals surface area contributed by atoms with E-state index in [2.05, 4.69) is 41.1 Å². The Labute approximate surface area is 102 Å². The third-order valence-electron chi connectivity index (χ3n) is 2.68. The average Bonchev–Trinajstić information content (AvgIpc) is 2.38. The van der Waals surface area contributed by atoms with E-state index in [0.29, 0.717) is 0 Å². The standard InChI is InChI=1S/C13H18N2S/c1-2-11-16-13-6-4-3-5-12(13)15-9-7-14-8-10-15/h2-6,14H,1,7-11H2. The first kappa shape index (κ1) is 11.6. The highest BCUT2D eigenvalue weighted by molar-refractivity contribution is 7.99. The molecule has 0 amide bonds. The van der Waals surface area contributed by atoms with Gasteiger partial charge in [0.05, 0.1) is 5.69 Å². The van der Waals surface area contributed by atoms with Crippen LogP contribution in [-0.4, -0.2) is 31.9 Å². The quantitative estimate of drug-likeness (QED) is 0.636. The van der Waals surface area contributed by atoms with E-state index >= 15 is 0 Å². The number of hydrogen-bond donors (Lipinski definition) is 1. The second-order valence-corrected chi connectivity index (χ2v) is 4.87. The van der Waals surface area contributed by atoms with Crippen molar-refractivity contribution < 1.29 is 0 Å². The van der Waals surface area contributed by atoms with Crippen LogP contribution in [0.1, 0.15) is 0 Å². The summed E-state index contributed by atoms with van der Waals surface area (Å²) < 4.78 is 0. The Morgan fingerprint density at radius 1 is 1.31 bits per heavy atom. The molecule has 1 aliphatic heterocycles. The summed E-state index contributed by atoms with van der Waals surface area (Å²) in [4.78, 5) is 3.83. The van der Waals surface area contributed by atoms with Gasteiger partial charge >= 0.3 is 0 Å². The van der Waals surface area contributed by atoms with E-state index in [1.54, 1.807) is 0 Å². The largest absolute Gasteiger partial charge is 0.368 e. The summed E-state index contributed by atoms with van der Waals surface area (Å²) in [7, 11) is 0. The van der Waals surface area contributed by atoms with Crippen molar-refractivity contribution in [3.8, 4) is 0 Å². The average molecular weight is 234 g/mol. The Balaban J connectivity index is 2.14. The maximum atomic E-state index is 3.77.